The van der Waals surface area contributed by atoms with Gasteiger partial charge < -0.3 is 15.2 Å². The van der Waals surface area contributed by atoms with E-state index < -0.39 is 0 Å². The molecule has 8 heteroatoms. The summed E-state index contributed by atoms with van der Waals surface area (Å²) in [5.74, 6) is 1.48. The minimum Gasteiger partial charge on any atom is -0.354 e. The number of rotatable bonds is 6. The number of aromatic nitrogens is 3. The van der Waals surface area contributed by atoms with Gasteiger partial charge in [0.15, 0.2) is 0 Å². The van der Waals surface area contributed by atoms with E-state index in [-0.39, 0.29) is 18.4 Å². The molecule has 2 aromatic rings. The zero-order valence-corrected chi connectivity index (χ0v) is 16.1. The molecular weight excluding hydrogens is 398 g/mol. The number of benzene rings is 1. The topological polar surface area (TPSA) is 88.9 Å². The number of carbonyl (C=O) groups is 2. The third-order valence-corrected chi connectivity index (χ3v) is 4.90. The van der Waals surface area contributed by atoms with E-state index in [0.29, 0.717) is 18.5 Å². The highest BCUT2D eigenvalue weighted by Gasteiger charge is 2.14. The molecule has 0 fully saturated rings. The second-order valence-corrected chi connectivity index (χ2v) is 7.20. The lowest BCUT2D eigenvalue weighted by molar-refractivity contribution is -0.120. The maximum Gasteiger partial charge on any atom is 0.251 e. The van der Waals surface area contributed by atoms with Crippen molar-refractivity contribution in [2.24, 2.45) is 0 Å². The van der Waals surface area contributed by atoms with Crippen LogP contribution in [-0.4, -0.2) is 39.7 Å². The summed E-state index contributed by atoms with van der Waals surface area (Å²) in [5, 5.41) is 13.9. The van der Waals surface area contributed by atoms with Crippen molar-refractivity contribution in [2.45, 2.75) is 38.6 Å². The number of nitrogens with zero attached hydrogens (tertiary/aromatic N) is 3. The van der Waals surface area contributed by atoms with E-state index >= 15 is 0 Å². The third kappa shape index (κ3) is 4.91. The van der Waals surface area contributed by atoms with E-state index in [1.807, 2.05) is 0 Å². The van der Waals surface area contributed by atoms with Crippen molar-refractivity contribution in [1.82, 2.24) is 25.4 Å². The average molecular weight is 420 g/mol. The molecule has 0 bridgehead atoms. The minimum atomic E-state index is -0.268. The Balaban J connectivity index is 1.41. The molecule has 1 aliphatic rings. The van der Waals surface area contributed by atoms with Gasteiger partial charge in [-0.3, -0.25) is 9.59 Å². The molecule has 1 aromatic carbocycles. The van der Waals surface area contributed by atoms with Crippen molar-refractivity contribution >= 4 is 27.7 Å². The maximum atomic E-state index is 12.0. The molecule has 26 heavy (non-hydrogen) atoms. The molecule has 3 rings (SSSR count). The quantitative estimate of drug-likeness (QED) is 0.747. The predicted octanol–water partition coefficient (Wildman–Crippen LogP) is 1.86. The highest BCUT2D eigenvalue weighted by atomic mass is 79.9. The number of halogens is 1. The molecule has 1 aliphatic heterocycles. The van der Waals surface area contributed by atoms with Crippen LogP contribution in [0.2, 0.25) is 0 Å². The second-order valence-electron chi connectivity index (χ2n) is 6.28. The number of fused-ring (bicyclic) bond motifs is 1. The summed E-state index contributed by atoms with van der Waals surface area (Å²) in [6, 6.07) is 6.98. The van der Waals surface area contributed by atoms with Crippen LogP contribution in [0.1, 0.15) is 41.3 Å². The standard InChI is InChI=1S/C18H22BrN5O2/c19-14-7-5-13(6-8-14)18(26)21-12-17(25)20-10-9-16-23-22-15-4-2-1-3-11-24(15)16/h5-8H,1-4,9-12H2,(H,20,25)(H,21,26). The molecule has 0 radical (unpaired) electrons. The molecule has 1 aromatic heterocycles. The van der Waals surface area contributed by atoms with Gasteiger partial charge in [0.05, 0.1) is 6.54 Å². The average Bonchev–Trinajstić information content (AvgIpc) is 2.87. The summed E-state index contributed by atoms with van der Waals surface area (Å²) in [6.45, 7) is 1.38. The van der Waals surface area contributed by atoms with Crippen LogP contribution < -0.4 is 10.6 Å². The summed E-state index contributed by atoms with van der Waals surface area (Å²) >= 11 is 3.32. The predicted molar refractivity (Wildman–Crippen MR) is 101 cm³/mol. The monoisotopic (exact) mass is 419 g/mol. The zero-order chi connectivity index (χ0) is 18.4. The SMILES string of the molecule is O=C(CNC(=O)c1ccc(Br)cc1)NCCc1nnc2n1CCCCC2. The fraction of sp³-hybridized carbons (Fsp3) is 0.444. The Morgan fingerprint density at radius 1 is 1.08 bits per heavy atom. The van der Waals surface area contributed by atoms with E-state index in [1.165, 1.54) is 6.42 Å². The van der Waals surface area contributed by atoms with Crippen LogP contribution in [0, 0.1) is 0 Å². The van der Waals surface area contributed by atoms with Gasteiger partial charge in [0, 0.05) is 36.0 Å². The van der Waals surface area contributed by atoms with Crippen molar-refractivity contribution in [1.29, 1.82) is 0 Å². The number of nitrogens with one attached hydrogen (secondary N) is 2. The van der Waals surface area contributed by atoms with E-state index in [4.69, 9.17) is 0 Å². The molecule has 2 amide bonds. The smallest absolute Gasteiger partial charge is 0.251 e. The fourth-order valence-electron chi connectivity index (χ4n) is 2.97. The van der Waals surface area contributed by atoms with Crippen LogP contribution in [0.25, 0.3) is 0 Å². The number of hydrogen-bond acceptors (Lipinski definition) is 4. The van der Waals surface area contributed by atoms with Crippen LogP contribution in [0.4, 0.5) is 0 Å². The van der Waals surface area contributed by atoms with E-state index in [1.54, 1.807) is 24.3 Å². The molecule has 0 unspecified atom stereocenters. The Hall–Kier alpha value is -2.22. The van der Waals surface area contributed by atoms with Crippen LogP contribution in [0.3, 0.4) is 0 Å². The van der Waals surface area contributed by atoms with Crippen LogP contribution >= 0.6 is 15.9 Å². The largest absolute Gasteiger partial charge is 0.354 e. The first-order valence-electron chi connectivity index (χ1n) is 8.85. The first-order chi connectivity index (χ1) is 12.6. The molecule has 0 saturated heterocycles. The van der Waals surface area contributed by atoms with Crippen molar-refractivity contribution in [3.05, 3.63) is 46.0 Å². The Morgan fingerprint density at radius 3 is 2.69 bits per heavy atom. The van der Waals surface area contributed by atoms with Gasteiger partial charge in [-0.15, -0.1) is 10.2 Å². The summed E-state index contributed by atoms with van der Waals surface area (Å²) < 4.78 is 3.08. The number of carbonyl (C=O) groups excluding carboxylic acids is 2. The third-order valence-electron chi connectivity index (χ3n) is 4.37. The summed E-state index contributed by atoms with van der Waals surface area (Å²) in [4.78, 5) is 23.9. The Bertz CT molecular complexity index is 772. The molecule has 0 saturated carbocycles. The lowest BCUT2D eigenvalue weighted by Crippen LogP contribution is -2.37. The van der Waals surface area contributed by atoms with Gasteiger partial charge in [-0.05, 0) is 37.1 Å². The molecule has 0 atom stereocenters. The Kier molecular flexibility index (Phi) is 6.38. The van der Waals surface area contributed by atoms with Crippen LogP contribution in [0.5, 0.6) is 0 Å². The molecule has 2 N–H and O–H groups in total. The molecule has 7 nitrogen and oxygen atoms in total. The molecule has 2 heterocycles. The minimum absolute atomic E-state index is 0.0488. The van der Waals surface area contributed by atoms with Gasteiger partial charge in [0.1, 0.15) is 11.6 Å². The van der Waals surface area contributed by atoms with Crippen molar-refractivity contribution < 1.29 is 9.59 Å². The normalized spacial score (nSPS) is 13.6. The van der Waals surface area contributed by atoms with Crippen molar-refractivity contribution in [2.75, 3.05) is 13.1 Å². The molecule has 0 aliphatic carbocycles. The molecular formula is C18H22BrN5O2. The van der Waals surface area contributed by atoms with Crippen LogP contribution in [0.15, 0.2) is 28.7 Å². The van der Waals surface area contributed by atoms with Gasteiger partial charge in [-0.2, -0.15) is 0 Å². The highest BCUT2D eigenvalue weighted by Crippen LogP contribution is 2.14. The van der Waals surface area contributed by atoms with E-state index in [9.17, 15) is 9.59 Å². The first-order valence-corrected chi connectivity index (χ1v) is 9.64. The summed E-state index contributed by atoms with van der Waals surface area (Å²) in [6.07, 6.45) is 5.14. The van der Waals surface area contributed by atoms with E-state index in [0.717, 1.165) is 41.9 Å². The first kappa shape index (κ1) is 18.6. The van der Waals surface area contributed by atoms with Crippen molar-refractivity contribution in [3.63, 3.8) is 0 Å². The van der Waals surface area contributed by atoms with Gasteiger partial charge in [0.25, 0.3) is 5.91 Å². The lowest BCUT2D eigenvalue weighted by atomic mass is 10.2. The lowest BCUT2D eigenvalue weighted by Gasteiger charge is -2.09. The Morgan fingerprint density at radius 2 is 1.88 bits per heavy atom. The summed E-state index contributed by atoms with van der Waals surface area (Å²) in [7, 11) is 0. The summed E-state index contributed by atoms with van der Waals surface area (Å²) in [5.41, 5.74) is 0.521. The van der Waals surface area contributed by atoms with Gasteiger partial charge >= 0.3 is 0 Å². The number of aryl methyl sites for hydroxylation is 1. The Labute approximate surface area is 160 Å². The zero-order valence-electron chi connectivity index (χ0n) is 14.5. The second kappa shape index (κ2) is 8.93. The fourth-order valence-corrected chi connectivity index (χ4v) is 3.23. The highest BCUT2D eigenvalue weighted by molar-refractivity contribution is 9.10. The van der Waals surface area contributed by atoms with Crippen molar-refractivity contribution in [3.8, 4) is 0 Å². The molecule has 0 spiro atoms. The number of amides is 2. The van der Waals surface area contributed by atoms with E-state index in [2.05, 4.69) is 41.3 Å². The van der Waals surface area contributed by atoms with Gasteiger partial charge in [-0.1, -0.05) is 22.4 Å². The van der Waals surface area contributed by atoms with Gasteiger partial charge in [-0.25, -0.2) is 0 Å². The maximum absolute atomic E-state index is 12.0. The molecule has 138 valence electrons. The van der Waals surface area contributed by atoms with Gasteiger partial charge in [0.2, 0.25) is 5.91 Å². The number of hydrogen-bond donors (Lipinski definition) is 2. The van der Waals surface area contributed by atoms with Crippen LogP contribution in [-0.2, 0) is 24.2 Å².